The first-order valence-electron chi connectivity index (χ1n) is 6.53. The minimum Gasteiger partial charge on any atom is -0.490 e. The van der Waals surface area contributed by atoms with Crippen LogP contribution in [0.2, 0.25) is 0 Å². The number of rotatable bonds is 7. The first-order chi connectivity index (χ1) is 9.79. The highest BCUT2D eigenvalue weighted by Crippen LogP contribution is 2.20. The van der Waals surface area contributed by atoms with Crippen LogP contribution in [0.3, 0.4) is 0 Å². The van der Waals surface area contributed by atoms with E-state index in [9.17, 15) is 4.39 Å². The van der Waals surface area contributed by atoms with Gasteiger partial charge in [-0.25, -0.2) is 4.39 Å². The molecule has 0 aliphatic rings. The summed E-state index contributed by atoms with van der Waals surface area (Å²) < 4.78 is 19.2. The zero-order chi connectivity index (χ0) is 14.2. The molecule has 0 atom stereocenters. The minimum atomic E-state index is -0.303. The normalized spacial score (nSPS) is 10.5. The zero-order valence-corrected chi connectivity index (χ0v) is 12.3. The van der Waals surface area contributed by atoms with Crippen molar-refractivity contribution in [3.63, 3.8) is 0 Å². The maximum Gasteiger partial charge on any atom is 0.165 e. The molecule has 20 heavy (non-hydrogen) atoms. The van der Waals surface area contributed by atoms with Gasteiger partial charge in [0.15, 0.2) is 11.6 Å². The SMILES string of the molecule is CNCc1ccc(OCCSc2ccccc2)c(F)c1. The van der Waals surface area contributed by atoms with Gasteiger partial charge in [-0.05, 0) is 36.9 Å². The summed E-state index contributed by atoms with van der Waals surface area (Å²) >= 11 is 1.70. The summed E-state index contributed by atoms with van der Waals surface area (Å²) in [7, 11) is 1.84. The van der Waals surface area contributed by atoms with Crippen molar-refractivity contribution in [3.05, 3.63) is 59.9 Å². The maximum atomic E-state index is 13.8. The molecule has 0 aromatic heterocycles. The predicted molar refractivity (Wildman–Crippen MR) is 81.8 cm³/mol. The van der Waals surface area contributed by atoms with Crippen LogP contribution in [-0.2, 0) is 6.54 Å². The molecular weight excluding hydrogens is 273 g/mol. The number of hydrogen-bond acceptors (Lipinski definition) is 3. The number of ether oxygens (including phenoxy) is 1. The number of halogens is 1. The summed E-state index contributed by atoms with van der Waals surface area (Å²) in [5.41, 5.74) is 0.913. The van der Waals surface area contributed by atoms with Crippen LogP contribution >= 0.6 is 11.8 Å². The van der Waals surface area contributed by atoms with Crippen molar-refractivity contribution in [2.45, 2.75) is 11.4 Å². The van der Waals surface area contributed by atoms with E-state index in [0.29, 0.717) is 18.9 Å². The number of hydrogen-bond donors (Lipinski definition) is 1. The zero-order valence-electron chi connectivity index (χ0n) is 11.4. The van der Waals surface area contributed by atoms with E-state index in [1.165, 1.54) is 11.0 Å². The van der Waals surface area contributed by atoms with Crippen LogP contribution in [0.1, 0.15) is 5.56 Å². The Morgan fingerprint density at radius 2 is 1.95 bits per heavy atom. The third-order valence-corrected chi connectivity index (χ3v) is 3.71. The average molecular weight is 291 g/mol. The van der Waals surface area contributed by atoms with Crippen molar-refractivity contribution in [3.8, 4) is 5.75 Å². The predicted octanol–water partition coefficient (Wildman–Crippen LogP) is 3.72. The molecule has 0 aliphatic carbocycles. The van der Waals surface area contributed by atoms with Gasteiger partial charge in [-0.3, -0.25) is 0 Å². The largest absolute Gasteiger partial charge is 0.490 e. The molecule has 0 radical (unpaired) electrons. The maximum absolute atomic E-state index is 13.8. The fourth-order valence-corrected chi connectivity index (χ4v) is 2.56. The standard InChI is InChI=1S/C16H18FNOS/c1-18-12-13-7-8-16(15(17)11-13)19-9-10-20-14-5-3-2-4-6-14/h2-8,11,18H,9-10,12H2,1H3. The fourth-order valence-electron chi connectivity index (χ4n) is 1.80. The van der Waals surface area contributed by atoms with Crippen molar-refractivity contribution < 1.29 is 9.13 Å². The summed E-state index contributed by atoms with van der Waals surface area (Å²) in [4.78, 5) is 1.20. The second-order valence-electron chi connectivity index (χ2n) is 4.31. The van der Waals surface area contributed by atoms with E-state index in [1.807, 2.05) is 31.3 Å². The molecule has 0 saturated heterocycles. The molecule has 0 unspecified atom stereocenters. The summed E-state index contributed by atoms with van der Waals surface area (Å²) in [6, 6.07) is 15.2. The lowest BCUT2D eigenvalue weighted by atomic mass is 10.2. The summed E-state index contributed by atoms with van der Waals surface area (Å²) in [5.74, 6) is 0.808. The van der Waals surface area contributed by atoms with Crippen molar-refractivity contribution >= 4 is 11.8 Å². The lowest BCUT2D eigenvalue weighted by molar-refractivity contribution is 0.324. The van der Waals surface area contributed by atoms with Gasteiger partial charge in [-0.2, -0.15) is 0 Å². The van der Waals surface area contributed by atoms with E-state index in [2.05, 4.69) is 17.4 Å². The Bertz CT molecular complexity index is 533. The van der Waals surface area contributed by atoms with Crippen LogP contribution in [-0.4, -0.2) is 19.4 Å². The molecule has 0 amide bonds. The van der Waals surface area contributed by atoms with E-state index in [1.54, 1.807) is 17.8 Å². The minimum absolute atomic E-state index is 0.303. The Morgan fingerprint density at radius 1 is 1.15 bits per heavy atom. The number of thioether (sulfide) groups is 1. The Morgan fingerprint density at radius 3 is 2.65 bits per heavy atom. The highest BCUT2D eigenvalue weighted by molar-refractivity contribution is 7.99. The van der Waals surface area contributed by atoms with Crippen molar-refractivity contribution in [2.75, 3.05) is 19.4 Å². The molecule has 2 rings (SSSR count). The lowest BCUT2D eigenvalue weighted by Gasteiger charge is -2.08. The van der Waals surface area contributed by atoms with Gasteiger partial charge >= 0.3 is 0 Å². The summed E-state index contributed by atoms with van der Waals surface area (Å²) in [6.07, 6.45) is 0. The van der Waals surface area contributed by atoms with E-state index in [-0.39, 0.29) is 5.82 Å². The molecule has 2 nitrogen and oxygen atoms in total. The topological polar surface area (TPSA) is 21.3 Å². The third kappa shape index (κ3) is 4.54. The average Bonchev–Trinajstić information content (AvgIpc) is 2.47. The Hall–Kier alpha value is -1.52. The van der Waals surface area contributed by atoms with Crippen molar-refractivity contribution in [1.29, 1.82) is 0 Å². The van der Waals surface area contributed by atoms with Crippen LogP contribution in [0.15, 0.2) is 53.4 Å². The van der Waals surface area contributed by atoms with Crippen LogP contribution < -0.4 is 10.1 Å². The highest BCUT2D eigenvalue weighted by Gasteiger charge is 2.04. The van der Waals surface area contributed by atoms with Gasteiger partial charge in [0.2, 0.25) is 0 Å². The molecule has 1 N–H and O–H groups in total. The summed E-state index contributed by atoms with van der Waals surface area (Å²) in [6.45, 7) is 1.14. The van der Waals surface area contributed by atoms with Gasteiger partial charge in [-0.1, -0.05) is 24.3 Å². The second kappa shape index (κ2) is 7.92. The number of benzene rings is 2. The van der Waals surface area contributed by atoms with Gasteiger partial charge < -0.3 is 10.1 Å². The summed E-state index contributed by atoms with van der Waals surface area (Å²) in [5, 5.41) is 2.99. The van der Waals surface area contributed by atoms with Crippen LogP contribution in [0.4, 0.5) is 4.39 Å². The molecule has 0 spiro atoms. The monoisotopic (exact) mass is 291 g/mol. The van der Waals surface area contributed by atoms with Gasteiger partial charge in [0, 0.05) is 17.2 Å². The van der Waals surface area contributed by atoms with Crippen LogP contribution in [0.5, 0.6) is 5.75 Å². The molecule has 2 aromatic carbocycles. The molecule has 2 aromatic rings. The van der Waals surface area contributed by atoms with Gasteiger partial charge in [-0.15, -0.1) is 11.8 Å². The lowest BCUT2D eigenvalue weighted by Crippen LogP contribution is -2.06. The van der Waals surface area contributed by atoms with Crippen molar-refractivity contribution in [1.82, 2.24) is 5.32 Å². The smallest absolute Gasteiger partial charge is 0.165 e. The van der Waals surface area contributed by atoms with E-state index in [4.69, 9.17) is 4.74 Å². The molecular formula is C16H18FNOS. The third-order valence-electron chi connectivity index (χ3n) is 2.73. The molecule has 0 saturated carbocycles. The molecule has 0 fully saturated rings. The molecule has 0 aliphatic heterocycles. The van der Waals surface area contributed by atoms with Crippen LogP contribution in [0.25, 0.3) is 0 Å². The van der Waals surface area contributed by atoms with E-state index >= 15 is 0 Å². The molecule has 106 valence electrons. The van der Waals surface area contributed by atoms with Crippen LogP contribution in [0, 0.1) is 5.82 Å². The van der Waals surface area contributed by atoms with E-state index in [0.717, 1.165) is 11.3 Å². The van der Waals surface area contributed by atoms with Crippen molar-refractivity contribution in [2.24, 2.45) is 0 Å². The Labute approximate surface area is 123 Å². The number of nitrogens with one attached hydrogen (secondary N) is 1. The fraction of sp³-hybridized carbons (Fsp3) is 0.250. The first kappa shape index (κ1) is 14.9. The Kier molecular flexibility index (Phi) is 5.89. The Balaban J connectivity index is 1.79. The highest BCUT2D eigenvalue weighted by atomic mass is 32.2. The second-order valence-corrected chi connectivity index (χ2v) is 5.47. The first-order valence-corrected chi connectivity index (χ1v) is 7.52. The molecule has 0 bridgehead atoms. The molecule has 0 heterocycles. The van der Waals surface area contributed by atoms with E-state index < -0.39 is 0 Å². The van der Waals surface area contributed by atoms with Gasteiger partial charge in [0.05, 0.1) is 6.61 Å². The van der Waals surface area contributed by atoms with Gasteiger partial charge in [0.25, 0.3) is 0 Å². The van der Waals surface area contributed by atoms with Gasteiger partial charge in [0.1, 0.15) is 0 Å². The molecule has 4 heteroatoms. The quantitative estimate of drug-likeness (QED) is 0.620.